The highest BCUT2D eigenvalue weighted by Gasteiger charge is 2.21. The molecule has 1 unspecified atom stereocenters. The third kappa shape index (κ3) is 3.36. The van der Waals surface area contributed by atoms with E-state index in [0.717, 1.165) is 12.0 Å². The molecule has 1 atom stereocenters. The van der Waals surface area contributed by atoms with Gasteiger partial charge in [0.15, 0.2) is 0 Å². The number of carboxylic acid groups (broad SMARTS) is 1. The van der Waals surface area contributed by atoms with Gasteiger partial charge < -0.3 is 14.8 Å². The topological polar surface area (TPSA) is 79.5 Å². The molecule has 1 aromatic carbocycles. The van der Waals surface area contributed by atoms with Crippen LogP contribution in [0.2, 0.25) is 0 Å². The number of carbonyl (C=O) groups excluding carboxylic acids is 1. The van der Waals surface area contributed by atoms with Gasteiger partial charge in [-0.25, -0.2) is 4.79 Å². The minimum atomic E-state index is -1.06. The molecule has 0 fully saturated rings. The summed E-state index contributed by atoms with van der Waals surface area (Å²) in [4.78, 5) is 23.5. The lowest BCUT2D eigenvalue weighted by Crippen LogP contribution is -2.40. The summed E-state index contributed by atoms with van der Waals surface area (Å²) in [5, 5.41) is 12.4. The summed E-state index contributed by atoms with van der Waals surface area (Å²) in [6.45, 7) is 3.83. The molecule has 2 N–H and O–H groups in total. The van der Waals surface area contributed by atoms with Crippen molar-refractivity contribution in [1.82, 2.24) is 5.32 Å². The van der Waals surface area contributed by atoms with Crippen LogP contribution in [0.1, 0.15) is 36.2 Å². The number of furan rings is 1. The Bertz CT molecular complexity index is 715. The third-order valence-corrected chi connectivity index (χ3v) is 3.50. The number of aliphatic carboxylic acids is 1. The van der Waals surface area contributed by atoms with Crippen LogP contribution >= 0.6 is 0 Å². The Balaban J connectivity index is 2.26. The van der Waals surface area contributed by atoms with Crippen LogP contribution in [0.5, 0.6) is 0 Å². The molecular formula is C17H19NO4. The third-order valence-electron chi connectivity index (χ3n) is 3.50. The van der Waals surface area contributed by atoms with Crippen molar-refractivity contribution < 1.29 is 19.1 Å². The first-order valence-electron chi connectivity index (χ1n) is 7.21. The van der Waals surface area contributed by atoms with Crippen molar-refractivity contribution in [2.45, 2.75) is 32.7 Å². The highest BCUT2D eigenvalue weighted by Crippen LogP contribution is 2.23. The summed E-state index contributed by atoms with van der Waals surface area (Å²) in [5.74, 6) is -1.50. The summed E-state index contributed by atoms with van der Waals surface area (Å²) < 4.78 is 5.37. The maximum atomic E-state index is 12.3. The van der Waals surface area contributed by atoms with E-state index in [-0.39, 0.29) is 6.42 Å². The number of fused-ring (bicyclic) bond motifs is 1. The quantitative estimate of drug-likeness (QED) is 0.803. The monoisotopic (exact) mass is 301 g/mol. The van der Waals surface area contributed by atoms with Gasteiger partial charge in [-0.05, 0) is 37.5 Å². The van der Waals surface area contributed by atoms with E-state index in [9.17, 15) is 9.59 Å². The molecule has 1 amide bonds. The van der Waals surface area contributed by atoms with Crippen molar-refractivity contribution in [3.05, 3.63) is 47.7 Å². The molecule has 1 aromatic heterocycles. The molecule has 0 aliphatic heterocycles. The van der Waals surface area contributed by atoms with E-state index in [4.69, 9.17) is 9.52 Å². The summed E-state index contributed by atoms with van der Waals surface area (Å²) in [6, 6.07) is 4.71. The molecule has 0 aliphatic rings. The Morgan fingerprint density at radius 2 is 2.18 bits per heavy atom. The second-order valence-electron chi connectivity index (χ2n) is 5.00. The smallest absolute Gasteiger partial charge is 0.326 e. The van der Waals surface area contributed by atoms with Crippen molar-refractivity contribution in [2.75, 3.05) is 0 Å². The first kappa shape index (κ1) is 15.8. The summed E-state index contributed by atoms with van der Waals surface area (Å²) in [6.07, 6.45) is 5.92. The zero-order chi connectivity index (χ0) is 16.1. The molecule has 0 aliphatic carbocycles. The molecule has 0 saturated heterocycles. The van der Waals surface area contributed by atoms with Crippen LogP contribution in [0.15, 0.2) is 41.0 Å². The van der Waals surface area contributed by atoms with Gasteiger partial charge in [0.2, 0.25) is 0 Å². The molecule has 5 nitrogen and oxygen atoms in total. The fourth-order valence-corrected chi connectivity index (χ4v) is 2.20. The van der Waals surface area contributed by atoms with Gasteiger partial charge in [0.1, 0.15) is 17.9 Å². The molecule has 2 rings (SSSR count). The molecule has 22 heavy (non-hydrogen) atoms. The van der Waals surface area contributed by atoms with Gasteiger partial charge in [-0.1, -0.05) is 25.1 Å². The van der Waals surface area contributed by atoms with E-state index in [2.05, 4.69) is 5.32 Å². The zero-order valence-electron chi connectivity index (χ0n) is 12.6. The van der Waals surface area contributed by atoms with Crippen molar-refractivity contribution in [2.24, 2.45) is 0 Å². The lowest BCUT2D eigenvalue weighted by molar-refractivity contribution is -0.139. The van der Waals surface area contributed by atoms with Gasteiger partial charge in [-0.2, -0.15) is 0 Å². The number of amides is 1. The number of allylic oxidation sites excluding steroid dienone is 1. The molecule has 0 radical (unpaired) electrons. The van der Waals surface area contributed by atoms with Crippen LogP contribution in [0.3, 0.4) is 0 Å². The average molecular weight is 301 g/mol. The molecular weight excluding hydrogens is 282 g/mol. The number of rotatable bonds is 6. The number of aryl methyl sites for hydroxylation is 1. The maximum absolute atomic E-state index is 12.3. The van der Waals surface area contributed by atoms with E-state index in [0.29, 0.717) is 16.5 Å². The predicted octanol–water partition coefficient (Wildman–Crippen LogP) is 3.14. The van der Waals surface area contributed by atoms with Crippen LogP contribution in [0.4, 0.5) is 0 Å². The zero-order valence-corrected chi connectivity index (χ0v) is 12.6. The fraction of sp³-hybridized carbons (Fsp3) is 0.294. The lowest BCUT2D eigenvalue weighted by Gasteiger charge is -2.12. The molecule has 5 heteroatoms. The Labute approximate surface area is 128 Å². The summed E-state index contributed by atoms with van der Waals surface area (Å²) in [7, 11) is 0. The van der Waals surface area contributed by atoms with Crippen molar-refractivity contribution in [3.8, 4) is 0 Å². The Hall–Kier alpha value is -2.56. The van der Waals surface area contributed by atoms with Crippen LogP contribution < -0.4 is 5.32 Å². The second-order valence-corrected chi connectivity index (χ2v) is 5.00. The van der Waals surface area contributed by atoms with E-state index in [1.165, 1.54) is 6.26 Å². The van der Waals surface area contributed by atoms with Gasteiger partial charge >= 0.3 is 5.97 Å². The van der Waals surface area contributed by atoms with E-state index in [1.54, 1.807) is 19.1 Å². The van der Waals surface area contributed by atoms with Crippen LogP contribution in [-0.4, -0.2) is 23.0 Å². The Morgan fingerprint density at radius 1 is 1.41 bits per heavy atom. The van der Waals surface area contributed by atoms with E-state index >= 15 is 0 Å². The number of carbonyl (C=O) groups is 2. The summed E-state index contributed by atoms with van der Waals surface area (Å²) in [5.41, 5.74) is 2.06. The van der Waals surface area contributed by atoms with Crippen molar-refractivity contribution >= 4 is 22.8 Å². The molecule has 0 bridgehead atoms. The standard InChI is InChI=1S/C17H19NO4/c1-3-5-6-14(17(20)21)18-16(19)13-10-22-15-8-7-11(4-2)9-12(13)15/h3,5,7-10,14H,4,6H2,1-2H3,(H,18,19)(H,20,21)/b5-3+. The van der Waals surface area contributed by atoms with Crippen molar-refractivity contribution in [1.29, 1.82) is 0 Å². The predicted molar refractivity (Wildman–Crippen MR) is 83.9 cm³/mol. The minimum Gasteiger partial charge on any atom is -0.480 e. The first-order chi connectivity index (χ1) is 10.6. The molecule has 0 saturated carbocycles. The van der Waals surface area contributed by atoms with Gasteiger partial charge in [-0.15, -0.1) is 0 Å². The Morgan fingerprint density at radius 3 is 2.82 bits per heavy atom. The number of benzene rings is 1. The largest absolute Gasteiger partial charge is 0.480 e. The first-order valence-corrected chi connectivity index (χ1v) is 7.21. The maximum Gasteiger partial charge on any atom is 0.326 e. The fourth-order valence-electron chi connectivity index (χ4n) is 2.20. The molecule has 1 heterocycles. The molecule has 0 spiro atoms. The van der Waals surface area contributed by atoms with Crippen LogP contribution in [0.25, 0.3) is 11.0 Å². The second kappa shape index (κ2) is 6.93. The van der Waals surface area contributed by atoms with Gasteiger partial charge in [0.05, 0.1) is 5.56 Å². The minimum absolute atomic E-state index is 0.244. The molecule has 116 valence electrons. The number of nitrogens with one attached hydrogen (secondary N) is 1. The van der Waals surface area contributed by atoms with E-state index < -0.39 is 17.9 Å². The van der Waals surface area contributed by atoms with Crippen LogP contribution in [0, 0.1) is 0 Å². The van der Waals surface area contributed by atoms with Gasteiger partial charge in [0, 0.05) is 5.39 Å². The normalized spacial score (nSPS) is 12.6. The van der Waals surface area contributed by atoms with Gasteiger partial charge in [0.25, 0.3) is 5.91 Å². The lowest BCUT2D eigenvalue weighted by atomic mass is 10.1. The van der Waals surface area contributed by atoms with Crippen molar-refractivity contribution in [3.63, 3.8) is 0 Å². The average Bonchev–Trinajstić information content (AvgIpc) is 2.93. The summed E-state index contributed by atoms with van der Waals surface area (Å²) >= 11 is 0. The van der Waals surface area contributed by atoms with Crippen LogP contribution in [-0.2, 0) is 11.2 Å². The molecule has 2 aromatic rings. The number of hydrogen-bond donors (Lipinski definition) is 2. The van der Waals surface area contributed by atoms with Gasteiger partial charge in [-0.3, -0.25) is 4.79 Å². The Kier molecular flexibility index (Phi) is 4.99. The number of hydrogen-bond acceptors (Lipinski definition) is 3. The number of carboxylic acids is 1. The van der Waals surface area contributed by atoms with E-state index in [1.807, 2.05) is 25.1 Å². The highest BCUT2D eigenvalue weighted by atomic mass is 16.4. The SMILES string of the molecule is C/C=C/CC(NC(=O)c1coc2ccc(CC)cc12)C(=O)O. The highest BCUT2D eigenvalue weighted by molar-refractivity contribution is 6.07.